The molecule has 29 heavy (non-hydrogen) atoms. The second-order valence-electron chi connectivity index (χ2n) is 7.86. The van der Waals surface area contributed by atoms with Crippen LogP contribution in [0.2, 0.25) is 5.02 Å². The van der Waals surface area contributed by atoms with Gasteiger partial charge in [0, 0.05) is 29.4 Å². The largest absolute Gasteiger partial charge is 0.481 e. The Kier molecular flexibility index (Phi) is 4.38. The average molecular weight is 416 g/mol. The molecule has 2 saturated carbocycles. The molecular weight excluding hydrogens is 397 g/mol. The normalized spacial score (nSPS) is 26.0. The molecule has 3 aromatic heterocycles. The maximum absolute atomic E-state index is 14.5. The molecular formula is C20H19ClFN5O2. The number of aromatic nitrogens is 4. The lowest BCUT2D eigenvalue weighted by molar-refractivity contribution is -0.143. The Morgan fingerprint density at radius 3 is 2.93 bits per heavy atom. The van der Waals surface area contributed by atoms with Gasteiger partial charge in [-0.25, -0.2) is 19.3 Å². The summed E-state index contributed by atoms with van der Waals surface area (Å²) in [5, 5.41) is 14.1. The third-order valence-electron chi connectivity index (χ3n) is 6.23. The van der Waals surface area contributed by atoms with Gasteiger partial charge >= 0.3 is 5.97 Å². The zero-order valence-electron chi connectivity index (χ0n) is 15.4. The van der Waals surface area contributed by atoms with Crippen molar-refractivity contribution in [3.8, 4) is 11.4 Å². The zero-order chi connectivity index (χ0) is 20.1. The minimum Gasteiger partial charge on any atom is -0.481 e. The van der Waals surface area contributed by atoms with Crippen LogP contribution in [0.4, 0.5) is 10.2 Å². The molecule has 150 valence electrons. The van der Waals surface area contributed by atoms with Crippen molar-refractivity contribution in [2.75, 3.05) is 5.32 Å². The van der Waals surface area contributed by atoms with Gasteiger partial charge in [0.05, 0.1) is 17.1 Å². The Morgan fingerprint density at radius 2 is 2.10 bits per heavy atom. The topological polar surface area (TPSA) is 104 Å². The maximum atomic E-state index is 14.5. The van der Waals surface area contributed by atoms with E-state index < -0.39 is 17.7 Å². The predicted octanol–water partition coefficient (Wildman–Crippen LogP) is 4.11. The molecule has 0 aliphatic heterocycles. The van der Waals surface area contributed by atoms with Crippen LogP contribution in [-0.4, -0.2) is 37.1 Å². The molecule has 0 amide bonds. The van der Waals surface area contributed by atoms with Crippen LogP contribution < -0.4 is 5.32 Å². The van der Waals surface area contributed by atoms with Crippen molar-refractivity contribution in [3.05, 3.63) is 35.5 Å². The van der Waals surface area contributed by atoms with Crippen LogP contribution in [0.3, 0.4) is 0 Å². The predicted molar refractivity (Wildman–Crippen MR) is 106 cm³/mol. The van der Waals surface area contributed by atoms with Gasteiger partial charge in [-0.1, -0.05) is 18.0 Å². The number of anilines is 1. The van der Waals surface area contributed by atoms with Crippen LogP contribution in [0, 0.1) is 23.6 Å². The third-order valence-corrected chi connectivity index (χ3v) is 6.44. The van der Waals surface area contributed by atoms with Gasteiger partial charge in [-0.3, -0.25) is 4.79 Å². The Morgan fingerprint density at radius 1 is 1.28 bits per heavy atom. The van der Waals surface area contributed by atoms with Crippen LogP contribution in [0.1, 0.15) is 25.7 Å². The molecule has 9 heteroatoms. The highest BCUT2D eigenvalue weighted by Gasteiger charge is 2.49. The van der Waals surface area contributed by atoms with E-state index in [1.165, 1.54) is 6.20 Å². The Bertz CT molecular complexity index is 1100. The number of pyridine rings is 1. The average Bonchev–Trinajstić information content (AvgIpc) is 3.21. The first-order valence-electron chi connectivity index (χ1n) is 9.66. The van der Waals surface area contributed by atoms with Crippen molar-refractivity contribution in [1.29, 1.82) is 0 Å². The first-order valence-corrected chi connectivity index (χ1v) is 10.0. The fourth-order valence-electron chi connectivity index (χ4n) is 4.99. The second kappa shape index (κ2) is 6.95. The van der Waals surface area contributed by atoms with Crippen molar-refractivity contribution in [2.45, 2.75) is 31.7 Å². The van der Waals surface area contributed by atoms with Gasteiger partial charge in [0.2, 0.25) is 0 Å². The lowest BCUT2D eigenvalue weighted by Crippen LogP contribution is -2.36. The molecule has 2 aliphatic carbocycles. The minimum atomic E-state index is -0.830. The number of carboxylic acid groups (broad SMARTS) is 1. The zero-order valence-corrected chi connectivity index (χ0v) is 16.2. The summed E-state index contributed by atoms with van der Waals surface area (Å²) in [5.41, 5.74) is 1.28. The number of hydrogen-bond donors (Lipinski definition) is 3. The lowest BCUT2D eigenvalue weighted by Gasteiger charge is -2.24. The molecule has 2 bridgehead atoms. The number of rotatable bonds is 4. The van der Waals surface area contributed by atoms with Gasteiger partial charge in [-0.2, -0.15) is 0 Å². The van der Waals surface area contributed by atoms with Crippen molar-refractivity contribution in [2.24, 2.45) is 17.8 Å². The molecule has 4 atom stereocenters. The summed E-state index contributed by atoms with van der Waals surface area (Å²) in [5.74, 6) is -1.27. The standard InChI is InChI=1S/C20H19ClFN5O2/c21-11-5-12-13(7-24-17(12)23-6-11)18-25-8-14(22)19(27-18)26-16-10-3-1-2-9(4-10)15(16)20(28)29/h5-10,15-16H,1-4H2,(H,23,24)(H,28,29)(H,25,26,27). The molecule has 2 aliphatic rings. The van der Waals surface area contributed by atoms with Crippen LogP contribution in [-0.2, 0) is 4.79 Å². The lowest BCUT2D eigenvalue weighted by atomic mass is 9.87. The molecule has 5 rings (SSSR count). The minimum absolute atomic E-state index is 0.0307. The van der Waals surface area contributed by atoms with Gasteiger partial charge in [0.15, 0.2) is 17.5 Å². The second-order valence-corrected chi connectivity index (χ2v) is 8.30. The van der Waals surface area contributed by atoms with E-state index in [0.29, 0.717) is 22.1 Å². The smallest absolute Gasteiger partial charge is 0.308 e. The monoisotopic (exact) mass is 415 g/mol. The number of carbonyl (C=O) groups is 1. The molecule has 7 nitrogen and oxygen atoms in total. The summed E-state index contributed by atoms with van der Waals surface area (Å²) in [6.45, 7) is 0. The third kappa shape index (κ3) is 3.11. The van der Waals surface area contributed by atoms with Gasteiger partial charge in [-0.05, 0) is 37.2 Å². The molecule has 3 aromatic rings. The van der Waals surface area contributed by atoms with Crippen LogP contribution in [0.25, 0.3) is 22.4 Å². The number of fused-ring (bicyclic) bond motifs is 3. The summed E-state index contributed by atoms with van der Waals surface area (Å²) < 4.78 is 14.5. The molecule has 2 fully saturated rings. The number of carboxylic acids is 1. The van der Waals surface area contributed by atoms with Crippen LogP contribution in [0.5, 0.6) is 0 Å². The van der Waals surface area contributed by atoms with E-state index in [4.69, 9.17) is 11.6 Å². The number of nitrogens with one attached hydrogen (secondary N) is 2. The molecule has 0 spiro atoms. The number of nitrogens with zero attached hydrogens (tertiary/aromatic N) is 3. The molecule has 0 radical (unpaired) electrons. The van der Waals surface area contributed by atoms with E-state index >= 15 is 0 Å². The summed E-state index contributed by atoms with van der Waals surface area (Å²) in [7, 11) is 0. The summed E-state index contributed by atoms with van der Waals surface area (Å²) >= 11 is 6.06. The van der Waals surface area contributed by atoms with Gasteiger partial charge in [0.25, 0.3) is 0 Å². The van der Waals surface area contributed by atoms with Gasteiger partial charge < -0.3 is 15.4 Å². The van der Waals surface area contributed by atoms with Gasteiger partial charge in [0.1, 0.15) is 5.65 Å². The fraction of sp³-hybridized carbons (Fsp3) is 0.400. The summed E-state index contributed by atoms with van der Waals surface area (Å²) in [6.07, 6.45) is 8.08. The van der Waals surface area contributed by atoms with Gasteiger partial charge in [-0.15, -0.1) is 0 Å². The van der Waals surface area contributed by atoms with E-state index in [-0.39, 0.29) is 23.7 Å². The SMILES string of the molecule is O=C(O)C1C2CCCC(C2)C1Nc1nc(-c2c[nH]c3ncc(Cl)cc23)ncc1F. The molecule has 0 aromatic carbocycles. The molecule has 4 unspecified atom stereocenters. The number of aromatic amines is 1. The van der Waals surface area contributed by atoms with Crippen LogP contribution >= 0.6 is 11.6 Å². The highest BCUT2D eigenvalue weighted by Crippen LogP contribution is 2.47. The number of H-pyrrole nitrogens is 1. The van der Waals surface area contributed by atoms with E-state index in [1.54, 1.807) is 12.3 Å². The van der Waals surface area contributed by atoms with E-state index in [9.17, 15) is 14.3 Å². The molecule has 0 saturated heterocycles. The van der Waals surface area contributed by atoms with Crippen molar-refractivity contribution in [1.82, 2.24) is 19.9 Å². The first-order chi connectivity index (χ1) is 14.0. The highest BCUT2D eigenvalue weighted by molar-refractivity contribution is 6.31. The van der Waals surface area contributed by atoms with E-state index in [2.05, 4.69) is 25.3 Å². The van der Waals surface area contributed by atoms with Crippen LogP contribution in [0.15, 0.2) is 24.7 Å². The van der Waals surface area contributed by atoms with E-state index in [0.717, 1.165) is 37.3 Å². The Labute approximate surface area is 170 Å². The Balaban J connectivity index is 1.51. The highest BCUT2D eigenvalue weighted by atomic mass is 35.5. The summed E-state index contributed by atoms with van der Waals surface area (Å²) in [4.78, 5) is 27.6. The van der Waals surface area contributed by atoms with Crippen molar-refractivity contribution < 1.29 is 14.3 Å². The number of aliphatic carboxylic acids is 1. The number of halogens is 2. The van der Waals surface area contributed by atoms with Crippen molar-refractivity contribution in [3.63, 3.8) is 0 Å². The van der Waals surface area contributed by atoms with Crippen molar-refractivity contribution >= 4 is 34.4 Å². The van der Waals surface area contributed by atoms with E-state index in [1.807, 2.05) is 0 Å². The molecule has 3 heterocycles. The Hall–Kier alpha value is -2.74. The quantitative estimate of drug-likeness (QED) is 0.592. The molecule has 3 N–H and O–H groups in total. The fourth-order valence-corrected chi connectivity index (χ4v) is 5.15. The number of hydrogen-bond acceptors (Lipinski definition) is 5. The summed E-state index contributed by atoms with van der Waals surface area (Å²) in [6, 6.07) is 1.41. The maximum Gasteiger partial charge on any atom is 0.308 e. The first kappa shape index (κ1) is 18.3.